The first-order valence-electron chi connectivity index (χ1n) is 13.8. The lowest BCUT2D eigenvalue weighted by atomic mass is 10.2. The van der Waals surface area contributed by atoms with E-state index in [9.17, 15) is 4.79 Å². The van der Waals surface area contributed by atoms with Crippen molar-refractivity contribution < 1.29 is 19.0 Å². The van der Waals surface area contributed by atoms with Gasteiger partial charge >= 0.3 is 5.97 Å². The van der Waals surface area contributed by atoms with Crippen LogP contribution < -0.4 is 14.4 Å². The molecule has 1 aliphatic heterocycles. The molecule has 1 aromatic heterocycles. The molecule has 0 atom stereocenters. The fourth-order valence-corrected chi connectivity index (χ4v) is 5.52. The third-order valence-corrected chi connectivity index (χ3v) is 8.65. The fourth-order valence-electron chi connectivity index (χ4n) is 4.79. The van der Waals surface area contributed by atoms with Gasteiger partial charge in [-0.2, -0.15) is 0 Å². The molecule has 7 nitrogen and oxygen atoms in total. The molecule has 9 heteroatoms. The Bertz CT molecular complexity index is 1450. The number of unbranched alkanes of at least 4 members (excludes halogenated alkanes) is 1. The van der Waals surface area contributed by atoms with Gasteiger partial charge in [0.05, 0.1) is 29.3 Å². The third-order valence-electron chi connectivity index (χ3n) is 7.04. The van der Waals surface area contributed by atoms with Crippen molar-refractivity contribution in [2.24, 2.45) is 0 Å². The molecule has 0 radical (unpaired) electrons. The number of nitrogens with zero attached hydrogens (tertiary/aromatic N) is 3. The van der Waals surface area contributed by atoms with E-state index in [-0.39, 0.29) is 19.2 Å². The molecule has 0 aliphatic carbocycles. The predicted octanol–water partition coefficient (Wildman–Crippen LogP) is 6.60. The molecule has 1 aliphatic rings. The standard InChI is InChI=1S/C32H33ClIN3O4/c33-32-27(34)9-6-10-29(32)37-18-16-36(17-19-37)15-4-5-20-39-26-13-11-25-12-14-30(35-28(25)22-26)40-23-41-31(38)21-24-7-2-1-3-8-24/h1-3,6-14,22H,4-5,15-21,23H2. The van der Waals surface area contributed by atoms with Crippen molar-refractivity contribution in [1.29, 1.82) is 0 Å². The largest absolute Gasteiger partial charge is 0.494 e. The highest BCUT2D eigenvalue weighted by Gasteiger charge is 2.19. The van der Waals surface area contributed by atoms with Crippen LogP contribution in [0.2, 0.25) is 5.02 Å². The van der Waals surface area contributed by atoms with Gasteiger partial charge in [-0.3, -0.25) is 9.69 Å². The Morgan fingerprint density at radius 3 is 2.54 bits per heavy atom. The van der Waals surface area contributed by atoms with Crippen molar-refractivity contribution in [2.45, 2.75) is 19.3 Å². The second kappa shape index (κ2) is 14.7. The summed E-state index contributed by atoms with van der Waals surface area (Å²) in [6, 6.07) is 25.3. The van der Waals surface area contributed by atoms with Gasteiger partial charge in [0.2, 0.25) is 12.7 Å². The average molecular weight is 686 g/mol. The highest BCUT2D eigenvalue weighted by atomic mass is 127. The minimum Gasteiger partial charge on any atom is -0.494 e. The van der Waals surface area contributed by atoms with E-state index >= 15 is 0 Å². The van der Waals surface area contributed by atoms with Crippen molar-refractivity contribution in [3.05, 3.63) is 93.0 Å². The molecule has 1 saturated heterocycles. The predicted molar refractivity (Wildman–Crippen MR) is 171 cm³/mol. The number of aromatic nitrogens is 1. The third kappa shape index (κ3) is 8.47. The summed E-state index contributed by atoms with van der Waals surface area (Å²) in [6.07, 6.45) is 2.26. The number of esters is 1. The molecule has 0 saturated carbocycles. The summed E-state index contributed by atoms with van der Waals surface area (Å²) in [6.45, 7) is 5.58. The van der Waals surface area contributed by atoms with Crippen LogP contribution in [0.1, 0.15) is 18.4 Å². The van der Waals surface area contributed by atoms with Crippen LogP contribution in [0.15, 0.2) is 78.9 Å². The molecule has 41 heavy (non-hydrogen) atoms. The zero-order chi connectivity index (χ0) is 28.4. The lowest BCUT2D eigenvalue weighted by molar-refractivity contribution is -0.149. The van der Waals surface area contributed by atoms with Gasteiger partial charge in [0, 0.05) is 47.3 Å². The Kier molecular flexibility index (Phi) is 10.5. The summed E-state index contributed by atoms with van der Waals surface area (Å²) < 4.78 is 17.9. The van der Waals surface area contributed by atoms with E-state index < -0.39 is 0 Å². The maximum atomic E-state index is 12.0. The average Bonchev–Trinajstić information content (AvgIpc) is 2.99. The molecule has 0 spiro atoms. The number of rotatable bonds is 12. The van der Waals surface area contributed by atoms with Crippen LogP contribution >= 0.6 is 34.2 Å². The van der Waals surface area contributed by atoms with Crippen molar-refractivity contribution in [2.75, 3.05) is 51.0 Å². The van der Waals surface area contributed by atoms with Crippen molar-refractivity contribution in [1.82, 2.24) is 9.88 Å². The van der Waals surface area contributed by atoms with Crippen LogP contribution in [0.4, 0.5) is 5.69 Å². The Morgan fingerprint density at radius 2 is 1.71 bits per heavy atom. The topological polar surface area (TPSA) is 64.1 Å². The van der Waals surface area contributed by atoms with Crippen LogP contribution in [-0.4, -0.2) is 62.0 Å². The molecule has 1 fully saturated rings. The summed E-state index contributed by atoms with van der Waals surface area (Å²) in [5.41, 5.74) is 2.80. The fraction of sp³-hybridized carbons (Fsp3) is 0.312. The quantitative estimate of drug-likeness (QED) is 0.0722. The number of hydrogen-bond acceptors (Lipinski definition) is 7. The van der Waals surface area contributed by atoms with Gasteiger partial charge in [-0.25, -0.2) is 4.98 Å². The van der Waals surface area contributed by atoms with Gasteiger partial charge in [0.15, 0.2) is 0 Å². The highest BCUT2D eigenvalue weighted by molar-refractivity contribution is 14.1. The smallest absolute Gasteiger partial charge is 0.313 e. The zero-order valence-corrected chi connectivity index (χ0v) is 25.7. The zero-order valence-electron chi connectivity index (χ0n) is 22.8. The minimum atomic E-state index is -0.346. The molecular weight excluding hydrogens is 653 g/mol. The van der Waals surface area contributed by atoms with E-state index in [1.165, 1.54) is 0 Å². The number of hydrogen-bond donors (Lipinski definition) is 0. The Hall–Kier alpha value is -3.08. The maximum Gasteiger partial charge on any atom is 0.313 e. The molecule has 214 valence electrons. The summed E-state index contributed by atoms with van der Waals surface area (Å²) in [4.78, 5) is 21.5. The first-order chi connectivity index (χ1) is 20.0. The summed E-state index contributed by atoms with van der Waals surface area (Å²) in [7, 11) is 0. The van der Waals surface area contributed by atoms with Gasteiger partial charge in [-0.05, 0) is 77.9 Å². The summed E-state index contributed by atoms with van der Waals surface area (Å²) in [5, 5.41) is 1.84. The molecule has 2 heterocycles. The molecule has 0 bridgehead atoms. The number of halogens is 2. The number of pyridine rings is 1. The lowest BCUT2D eigenvalue weighted by Gasteiger charge is -2.36. The normalized spacial score (nSPS) is 13.8. The van der Waals surface area contributed by atoms with Crippen molar-refractivity contribution >= 4 is 56.8 Å². The molecule has 0 N–H and O–H groups in total. The Balaban J connectivity index is 1.01. The number of carbonyl (C=O) groups excluding carboxylic acids is 1. The second-order valence-corrected chi connectivity index (χ2v) is 11.4. The van der Waals surface area contributed by atoms with Gasteiger partial charge in [-0.15, -0.1) is 0 Å². The van der Waals surface area contributed by atoms with Crippen LogP contribution in [-0.2, 0) is 16.0 Å². The molecule has 0 amide bonds. The highest BCUT2D eigenvalue weighted by Crippen LogP contribution is 2.31. The summed E-state index contributed by atoms with van der Waals surface area (Å²) >= 11 is 8.81. The minimum absolute atomic E-state index is 0.186. The van der Waals surface area contributed by atoms with Gasteiger partial charge in [0.1, 0.15) is 5.75 Å². The Labute approximate surface area is 259 Å². The molecule has 3 aromatic carbocycles. The van der Waals surface area contributed by atoms with Crippen LogP contribution in [0.3, 0.4) is 0 Å². The number of fused-ring (bicyclic) bond motifs is 1. The lowest BCUT2D eigenvalue weighted by Crippen LogP contribution is -2.46. The summed E-state index contributed by atoms with van der Waals surface area (Å²) in [5.74, 6) is 0.827. The number of piperazine rings is 1. The number of ether oxygens (including phenoxy) is 3. The van der Waals surface area contributed by atoms with E-state index in [0.29, 0.717) is 12.5 Å². The van der Waals surface area contributed by atoms with Crippen molar-refractivity contribution in [3.8, 4) is 11.6 Å². The SMILES string of the molecule is O=C(Cc1ccccc1)OCOc1ccc2ccc(OCCCCN3CCN(c4cccc(I)c4Cl)CC3)cc2n1. The first-order valence-corrected chi connectivity index (χ1v) is 15.3. The van der Waals surface area contributed by atoms with E-state index in [0.717, 1.165) is 82.1 Å². The Morgan fingerprint density at radius 1 is 0.902 bits per heavy atom. The van der Waals surface area contributed by atoms with E-state index in [1.807, 2.05) is 60.7 Å². The molecule has 5 rings (SSSR count). The first kappa shape index (κ1) is 29.4. The van der Waals surface area contributed by atoms with E-state index in [4.69, 9.17) is 25.8 Å². The molecular formula is C32H33ClIN3O4. The molecule has 4 aromatic rings. The van der Waals surface area contributed by atoms with Crippen molar-refractivity contribution in [3.63, 3.8) is 0 Å². The molecule has 0 unspecified atom stereocenters. The second-order valence-electron chi connectivity index (χ2n) is 9.90. The number of carbonyl (C=O) groups is 1. The van der Waals surface area contributed by atoms with Crippen LogP contribution in [0.5, 0.6) is 11.6 Å². The maximum absolute atomic E-state index is 12.0. The van der Waals surface area contributed by atoms with Crippen LogP contribution in [0, 0.1) is 3.57 Å². The monoisotopic (exact) mass is 685 g/mol. The number of benzene rings is 3. The van der Waals surface area contributed by atoms with E-state index in [2.05, 4.69) is 49.5 Å². The van der Waals surface area contributed by atoms with Gasteiger partial charge in [-0.1, -0.05) is 48.0 Å². The van der Waals surface area contributed by atoms with Crippen LogP contribution in [0.25, 0.3) is 10.9 Å². The number of anilines is 1. The van der Waals surface area contributed by atoms with Gasteiger partial charge < -0.3 is 19.1 Å². The van der Waals surface area contributed by atoms with E-state index in [1.54, 1.807) is 6.07 Å². The van der Waals surface area contributed by atoms with Gasteiger partial charge in [0.25, 0.3) is 0 Å².